The predicted octanol–water partition coefficient (Wildman–Crippen LogP) is 3.56. The summed E-state index contributed by atoms with van der Waals surface area (Å²) in [5, 5.41) is 13.4. The van der Waals surface area contributed by atoms with Crippen molar-refractivity contribution in [1.29, 1.82) is 0 Å². The smallest absolute Gasteiger partial charge is 0.255 e. The topological polar surface area (TPSA) is 49.3 Å². The number of thioether (sulfide) groups is 1. The summed E-state index contributed by atoms with van der Waals surface area (Å²) in [7, 11) is 0. The Balaban J connectivity index is 2.07. The van der Waals surface area contributed by atoms with Crippen molar-refractivity contribution in [2.24, 2.45) is 0 Å². The molecule has 0 heterocycles. The van der Waals surface area contributed by atoms with Crippen LogP contribution in [0.3, 0.4) is 0 Å². The Bertz CT molecular complexity index is 467. The largest absolute Gasteiger partial charge is 0.507 e. The third-order valence-corrected chi connectivity index (χ3v) is 5.19. The van der Waals surface area contributed by atoms with E-state index in [0.29, 0.717) is 10.8 Å². The fourth-order valence-corrected chi connectivity index (χ4v) is 3.77. The van der Waals surface area contributed by atoms with E-state index in [4.69, 9.17) is 0 Å². The van der Waals surface area contributed by atoms with Gasteiger partial charge in [0.15, 0.2) is 0 Å². The van der Waals surface area contributed by atoms with Crippen LogP contribution >= 0.6 is 27.7 Å². The molecular weight excluding hydrogens is 326 g/mol. The van der Waals surface area contributed by atoms with Crippen molar-refractivity contribution >= 4 is 33.6 Å². The number of hydrogen-bond donors (Lipinski definition) is 2. The van der Waals surface area contributed by atoms with Gasteiger partial charge in [0.1, 0.15) is 5.75 Å². The molecule has 1 amide bonds. The summed E-state index contributed by atoms with van der Waals surface area (Å²) < 4.78 is 0.765. The fraction of sp³-hybridized carbons (Fsp3) is 0.500. The zero-order valence-corrected chi connectivity index (χ0v) is 13.3. The van der Waals surface area contributed by atoms with Crippen LogP contribution in [0.5, 0.6) is 5.75 Å². The molecule has 2 rings (SSSR count). The predicted molar refractivity (Wildman–Crippen MR) is 82.8 cm³/mol. The van der Waals surface area contributed by atoms with Gasteiger partial charge in [0.25, 0.3) is 5.91 Å². The zero-order chi connectivity index (χ0) is 13.8. The highest BCUT2D eigenvalue weighted by Crippen LogP contribution is 2.28. The molecule has 0 spiro atoms. The molecule has 0 radical (unpaired) electrons. The number of halogens is 1. The van der Waals surface area contributed by atoms with Gasteiger partial charge in [-0.1, -0.05) is 28.8 Å². The fourth-order valence-electron chi connectivity index (χ4n) is 2.49. The molecular formula is C14H18BrNO2S. The van der Waals surface area contributed by atoms with Crippen LogP contribution in [0.25, 0.3) is 0 Å². The first kappa shape index (κ1) is 14.7. The molecule has 1 saturated carbocycles. The van der Waals surface area contributed by atoms with Gasteiger partial charge in [0.05, 0.1) is 5.56 Å². The second kappa shape index (κ2) is 6.66. The van der Waals surface area contributed by atoms with E-state index in [9.17, 15) is 9.90 Å². The summed E-state index contributed by atoms with van der Waals surface area (Å²) in [6.45, 7) is 0. The van der Waals surface area contributed by atoms with Crippen molar-refractivity contribution in [3.63, 3.8) is 0 Å². The summed E-state index contributed by atoms with van der Waals surface area (Å²) in [5.74, 6) is -0.167. The van der Waals surface area contributed by atoms with Crippen molar-refractivity contribution in [3.8, 4) is 5.75 Å². The molecule has 0 bridgehead atoms. The maximum Gasteiger partial charge on any atom is 0.255 e. The van der Waals surface area contributed by atoms with Crippen LogP contribution in [0.1, 0.15) is 36.0 Å². The van der Waals surface area contributed by atoms with E-state index < -0.39 is 0 Å². The number of hydrogen-bond acceptors (Lipinski definition) is 3. The standard InChI is InChI=1S/C14H18BrNO2S/c1-19-13-5-3-2-4-11(13)16-14(18)10-7-6-9(15)8-12(10)17/h6-8,11,13,17H,2-5H2,1H3,(H,16,18). The second-order valence-corrected chi connectivity index (χ2v) is 6.79. The molecule has 19 heavy (non-hydrogen) atoms. The van der Waals surface area contributed by atoms with Gasteiger partial charge >= 0.3 is 0 Å². The molecule has 2 atom stereocenters. The Morgan fingerprint density at radius 1 is 1.42 bits per heavy atom. The van der Waals surface area contributed by atoms with Gasteiger partial charge in [-0.2, -0.15) is 11.8 Å². The Labute approximate surface area is 126 Å². The Morgan fingerprint density at radius 2 is 2.16 bits per heavy atom. The summed E-state index contributed by atoms with van der Waals surface area (Å²) in [5.41, 5.74) is 0.341. The van der Waals surface area contributed by atoms with Gasteiger partial charge in [-0.3, -0.25) is 4.79 Å². The number of phenols is 1. The van der Waals surface area contributed by atoms with Crippen LogP contribution in [-0.2, 0) is 0 Å². The summed E-state index contributed by atoms with van der Waals surface area (Å²) in [6, 6.07) is 5.16. The highest BCUT2D eigenvalue weighted by molar-refractivity contribution is 9.10. The van der Waals surface area contributed by atoms with Gasteiger partial charge < -0.3 is 10.4 Å². The summed E-state index contributed by atoms with van der Waals surface area (Å²) in [4.78, 5) is 12.2. The molecule has 104 valence electrons. The molecule has 2 N–H and O–H groups in total. The molecule has 2 unspecified atom stereocenters. The highest BCUT2D eigenvalue weighted by Gasteiger charge is 2.26. The lowest BCUT2D eigenvalue weighted by atomic mass is 9.94. The second-order valence-electron chi connectivity index (χ2n) is 4.80. The van der Waals surface area contributed by atoms with Crippen LogP contribution in [0.2, 0.25) is 0 Å². The number of phenolic OH excluding ortho intramolecular Hbond substituents is 1. The van der Waals surface area contributed by atoms with Crippen molar-refractivity contribution in [2.45, 2.75) is 37.0 Å². The van der Waals surface area contributed by atoms with E-state index in [1.165, 1.54) is 6.42 Å². The molecule has 3 nitrogen and oxygen atoms in total. The number of amides is 1. The molecule has 5 heteroatoms. The molecule has 1 aromatic carbocycles. The molecule has 0 aromatic heterocycles. The third kappa shape index (κ3) is 3.66. The average Bonchev–Trinajstić information content (AvgIpc) is 2.39. The Morgan fingerprint density at radius 3 is 2.84 bits per heavy atom. The molecule has 0 aliphatic heterocycles. The van der Waals surface area contributed by atoms with Crippen molar-refractivity contribution < 1.29 is 9.90 Å². The van der Waals surface area contributed by atoms with Crippen LogP contribution in [0.15, 0.2) is 22.7 Å². The number of rotatable bonds is 3. The van der Waals surface area contributed by atoms with E-state index in [2.05, 4.69) is 27.5 Å². The van der Waals surface area contributed by atoms with E-state index in [1.807, 2.05) is 11.8 Å². The lowest BCUT2D eigenvalue weighted by molar-refractivity contribution is 0.0926. The molecule has 1 aliphatic rings. The number of carbonyl (C=O) groups is 1. The average molecular weight is 344 g/mol. The maximum atomic E-state index is 12.2. The van der Waals surface area contributed by atoms with E-state index in [-0.39, 0.29) is 17.7 Å². The maximum absolute atomic E-state index is 12.2. The first-order chi connectivity index (χ1) is 9.11. The molecule has 1 aromatic rings. The minimum Gasteiger partial charge on any atom is -0.507 e. The van der Waals surface area contributed by atoms with Crippen LogP contribution < -0.4 is 5.32 Å². The molecule has 1 aliphatic carbocycles. The van der Waals surface area contributed by atoms with Gasteiger partial charge in [-0.25, -0.2) is 0 Å². The van der Waals surface area contributed by atoms with Crippen LogP contribution in [0.4, 0.5) is 0 Å². The van der Waals surface area contributed by atoms with Gasteiger partial charge in [-0.15, -0.1) is 0 Å². The summed E-state index contributed by atoms with van der Waals surface area (Å²) >= 11 is 5.08. The lowest BCUT2D eigenvalue weighted by Gasteiger charge is -2.31. The van der Waals surface area contributed by atoms with E-state index >= 15 is 0 Å². The normalized spacial score (nSPS) is 23.1. The zero-order valence-electron chi connectivity index (χ0n) is 10.9. The number of nitrogens with one attached hydrogen (secondary N) is 1. The monoisotopic (exact) mass is 343 g/mol. The van der Waals surface area contributed by atoms with Crippen molar-refractivity contribution in [1.82, 2.24) is 5.32 Å². The van der Waals surface area contributed by atoms with Crippen LogP contribution in [-0.4, -0.2) is 28.6 Å². The quantitative estimate of drug-likeness (QED) is 0.882. The molecule has 1 fully saturated rings. The number of aromatic hydroxyl groups is 1. The minimum absolute atomic E-state index is 0.0170. The van der Waals surface area contributed by atoms with Gasteiger partial charge in [0, 0.05) is 15.8 Å². The number of carbonyl (C=O) groups excluding carboxylic acids is 1. The lowest BCUT2D eigenvalue weighted by Crippen LogP contribution is -2.43. The SMILES string of the molecule is CSC1CCCCC1NC(=O)c1ccc(Br)cc1O. The van der Waals surface area contributed by atoms with E-state index in [1.54, 1.807) is 18.2 Å². The van der Waals surface area contributed by atoms with Crippen molar-refractivity contribution in [3.05, 3.63) is 28.2 Å². The number of benzene rings is 1. The minimum atomic E-state index is -0.184. The highest BCUT2D eigenvalue weighted by atomic mass is 79.9. The first-order valence-corrected chi connectivity index (χ1v) is 8.52. The van der Waals surface area contributed by atoms with Gasteiger partial charge in [-0.05, 0) is 37.3 Å². The van der Waals surface area contributed by atoms with E-state index in [0.717, 1.165) is 23.7 Å². The van der Waals surface area contributed by atoms with Crippen molar-refractivity contribution in [2.75, 3.05) is 6.26 Å². The molecule has 0 saturated heterocycles. The Kier molecular flexibility index (Phi) is 5.16. The third-order valence-electron chi connectivity index (χ3n) is 3.53. The Hall–Kier alpha value is -0.680. The van der Waals surface area contributed by atoms with Crippen LogP contribution in [0, 0.1) is 0 Å². The van der Waals surface area contributed by atoms with Gasteiger partial charge in [0.2, 0.25) is 0 Å². The first-order valence-electron chi connectivity index (χ1n) is 6.44. The summed E-state index contributed by atoms with van der Waals surface area (Å²) in [6.07, 6.45) is 6.66.